The molecule has 98 valence electrons. The lowest BCUT2D eigenvalue weighted by atomic mass is 9.92. The van der Waals surface area contributed by atoms with Gasteiger partial charge in [0.2, 0.25) is 0 Å². The van der Waals surface area contributed by atoms with Gasteiger partial charge in [-0.2, -0.15) is 0 Å². The van der Waals surface area contributed by atoms with Crippen molar-refractivity contribution in [2.75, 3.05) is 0 Å². The van der Waals surface area contributed by atoms with Gasteiger partial charge in [0.15, 0.2) is 0 Å². The predicted octanol–water partition coefficient (Wildman–Crippen LogP) is 5.60. The van der Waals surface area contributed by atoms with Gasteiger partial charge in [-0.3, -0.25) is 0 Å². The summed E-state index contributed by atoms with van der Waals surface area (Å²) >= 11 is 0. The fourth-order valence-corrected chi connectivity index (χ4v) is 2.89. The Morgan fingerprint density at radius 2 is 1.80 bits per heavy atom. The Morgan fingerprint density at radius 1 is 1.00 bits per heavy atom. The van der Waals surface area contributed by atoms with Crippen molar-refractivity contribution < 1.29 is 0 Å². The minimum atomic E-state index is 0.381. The highest BCUT2D eigenvalue weighted by Gasteiger charge is 2.22. The molecule has 0 nitrogen and oxygen atoms in total. The van der Waals surface area contributed by atoms with Crippen LogP contribution in [0.15, 0.2) is 78.9 Å². The number of hydrogen-bond donors (Lipinski definition) is 0. The smallest absolute Gasteiger partial charge is 0.0238 e. The third-order valence-corrected chi connectivity index (χ3v) is 3.86. The third-order valence-electron chi connectivity index (χ3n) is 3.86. The van der Waals surface area contributed by atoms with Crippen LogP contribution in [-0.2, 0) is 0 Å². The zero-order valence-corrected chi connectivity index (χ0v) is 11.7. The van der Waals surface area contributed by atoms with Crippen LogP contribution in [0.1, 0.15) is 24.0 Å². The summed E-state index contributed by atoms with van der Waals surface area (Å²) in [5, 5.41) is 0. The van der Waals surface area contributed by atoms with Gasteiger partial charge in [-0.15, -0.1) is 0 Å². The van der Waals surface area contributed by atoms with Crippen molar-refractivity contribution in [3.05, 3.63) is 90.0 Å². The number of hydrogen-bond acceptors (Lipinski definition) is 0. The molecule has 0 aromatic heterocycles. The van der Waals surface area contributed by atoms with Gasteiger partial charge in [-0.1, -0.05) is 85.0 Å². The van der Waals surface area contributed by atoms with Crippen LogP contribution in [0.5, 0.6) is 0 Å². The molecular formula is C20H18. The molecule has 0 saturated carbocycles. The first kappa shape index (κ1) is 12.7. The van der Waals surface area contributed by atoms with Gasteiger partial charge in [-0.25, -0.2) is 0 Å². The average molecular weight is 258 g/mol. The van der Waals surface area contributed by atoms with E-state index < -0.39 is 0 Å². The minimum Gasteiger partial charge on any atom is -0.0991 e. The average Bonchev–Trinajstić information content (AvgIpc) is 2.81. The van der Waals surface area contributed by atoms with Gasteiger partial charge in [-0.05, 0) is 29.2 Å². The Kier molecular flexibility index (Phi) is 3.39. The second-order valence-corrected chi connectivity index (χ2v) is 5.16. The predicted molar refractivity (Wildman–Crippen MR) is 87.6 cm³/mol. The molecule has 0 heterocycles. The van der Waals surface area contributed by atoms with E-state index in [1.165, 1.54) is 27.8 Å². The summed E-state index contributed by atoms with van der Waals surface area (Å²) < 4.78 is 0. The number of fused-ring (bicyclic) bond motifs is 1. The molecule has 0 N–H and O–H groups in total. The SMILES string of the molecule is C=CC=CC1C(C)=Cc2c(-c3ccccc3)cccc21. The lowest BCUT2D eigenvalue weighted by Crippen LogP contribution is -1.93. The van der Waals surface area contributed by atoms with Crippen molar-refractivity contribution in [3.8, 4) is 11.1 Å². The summed E-state index contributed by atoms with van der Waals surface area (Å²) in [6.07, 6.45) is 8.41. The first-order valence-electron chi connectivity index (χ1n) is 6.97. The van der Waals surface area contributed by atoms with Crippen LogP contribution in [0.2, 0.25) is 0 Å². The van der Waals surface area contributed by atoms with E-state index in [4.69, 9.17) is 0 Å². The first-order valence-corrected chi connectivity index (χ1v) is 6.97. The van der Waals surface area contributed by atoms with E-state index in [0.29, 0.717) is 5.92 Å². The van der Waals surface area contributed by atoms with E-state index in [1.807, 2.05) is 12.2 Å². The molecule has 0 fully saturated rings. The van der Waals surface area contributed by atoms with Crippen LogP contribution in [0, 0.1) is 0 Å². The van der Waals surface area contributed by atoms with Crippen molar-refractivity contribution in [3.63, 3.8) is 0 Å². The molecule has 1 aliphatic carbocycles. The second kappa shape index (κ2) is 5.34. The molecule has 0 spiro atoms. The highest BCUT2D eigenvalue weighted by Crippen LogP contribution is 2.41. The summed E-state index contributed by atoms with van der Waals surface area (Å²) in [5.74, 6) is 0.381. The second-order valence-electron chi connectivity index (χ2n) is 5.16. The maximum Gasteiger partial charge on any atom is 0.0238 e. The molecule has 0 bridgehead atoms. The fraction of sp³-hybridized carbons (Fsp3) is 0.100. The van der Waals surface area contributed by atoms with Gasteiger partial charge in [0.25, 0.3) is 0 Å². The Labute approximate surface area is 120 Å². The maximum atomic E-state index is 3.76. The number of benzene rings is 2. The molecule has 0 heteroatoms. The zero-order chi connectivity index (χ0) is 13.9. The highest BCUT2D eigenvalue weighted by molar-refractivity contribution is 5.82. The molecule has 0 saturated heterocycles. The minimum absolute atomic E-state index is 0.381. The summed E-state index contributed by atoms with van der Waals surface area (Å²) in [6.45, 7) is 5.96. The molecule has 0 aliphatic heterocycles. The monoisotopic (exact) mass is 258 g/mol. The van der Waals surface area contributed by atoms with Crippen LogP contribution >= 0.6 is 0 Å². The molecule has 2 aromatic carbocycles. The van der Waals surface area contributed by atoms with Crippen molar-refractivity contribution in [1.29, 1.82) is 0 Å². The molecular weight excluding hydrogens is 240 g/mol. The van der Waals surface area contributed by atoms with Gasteiger partial charge in [0, 0.05) is 5.92 Å². The Balaban J connectivity index is 2.13. The molecule has 0 amide bonds. The molecule has 20 heavy (non-hydrogen) atoms. The van der Waals surface area contributed by atoms with Crippen molar-refractivity contribution in [2.24, 2.45) is 0 Å². The molecule has 1 unspecified atom stereocenters. The highest BCUT2D eigenvalue weighted by atomic mass is 14.3. The van der Waals surface area contributed by atoms with E-state index in [9.17, 15) is 0 Å². The van der Waals surface area contributed by atoms with Gasteiger partial charge < -0.3 is 0 Å². The van der Waals surface area contributed by atoms with Crippen molar-refractivity contribution >= 4 is 6.08 Å². The van der Waals surface area contributed by atoms with Gasteiger partial charge >= 0.3 is 0 Å². The lowest BCUT2D eigenvalue weighted by Gasteiger charge is -2.12. The normalized spacial score (nSPS) is 17.1. The Bertz CT molecular complexity index is 687. The largest absolute Gasteiger partial charge is 0.0991 e. The van der Waals surface area contributed by atoms with E-state index in [1.54, 1.807) is 0 Å². The van der Waals surface area contributed by atoms with Crippen LogP contribution in [0.3, 0.4) is 0 Å². The summed E-state index contributed by atoms with van der Waals surface area (Å²) in [5.41, 5.74) is 6.73. The molecule has 1 atom stereocenters. The summed E-state index contributed by atoms with van der Waals surface area (Å²) in [6, 6.07) is 17.2. The first-order chi connectivity index (χ1) is 9.81. The fourth-order valence-electron chi connectivity index (χ4n) is 2.89. The van der Waals surface area contributed by atoms with Gasteiger partial charge in [0.1, 0.15) is 0 Å². The number of allylic oxidation sites excluding steroid dienone is 4. The van der Waals surface area contributed by atoms with E-state index >= 15 is 0 Å². The molecule has 2 aromatic rings. The summed E-state index contributed by atoms with van der Waals surface area (Å²) in [7, 11) is 0. The third kappa shape index (κ3) is 2.14. The van der Waals surface area contributed by atoms with E-state index in [2.05, 4.69) is 74.2 Å². The molecule has 1 aliphatic rings. The maximum absolute atomic E-state index is 3.76. The van der Waals surface area contributed by atoms with Gasteiger partial charge in [0.05, 0.1) is 0 Å². The topological polar surface area (TPSA) is 0 Å². The molecule has 3 rings (SSSR count). The van der Waals surface area contributed by atoms with Crippen LogP contribution in [0.4, 0.5) is 0 Å². The van der Waals surface area contributed by atoms with Crippen LogP contribution < -0.4 is 0 Å². The van der Waals surface area contributed by atoms with Crippen LogP contribution in [-0.4, -0.2) is 0 Å². The van der Waals surface area contributed by atoms with Crippen LogP contribution in [0.25, 0.3) is 17.2 Å². The Morgan fingerprint density at radius 3 is 2.55 bits per heavy atom. The van der Waals surface area contributed by atoms with Crippen molar-refractivity contribution in [2.45, 2.75) is 12.8 Å². The standard InChI is InChI=1S/C20H18/c1-3-4-11-17-15(2)14-20-18(12-8-13-19(17)20)16-9-6-5-7-10-16/h3-14,17H,1H2,2H3. The Hall–Kier alpha value is -2.34. The van der Waals surface area contributed by atoms with E-state index in [-0.39, 0.29) is 0 Å². The molecule has 0 radical (unpaired) electrons. The van der Waals surface area contributed by atoms with E-state index in [0.717, 1.165) is 0 Å². The van der Waals surface area contributed by atoms with Crippen molar-refractivity contribution in [1.82, 2.24) is 0 Å². The lowest BCUT2D eigenvalue weighted by molar-refractivity contribution is 1.03. The summed E-state index contributed by atoms with van der Waals surface area (Å²) in [4.78, 5) is 0. The zero-order valence-electron chi connectivity index (χ0n) is 11.7. The number of rotatable bonds is 3. The quantitative estimate of drug-likeness (QED) is 0.629.